The summed E-state index contributed by atoms with van der Waals surface area (Å²) in [6, 6.07) is 26.1. The van der Waals surface area contributed by atoms with E-state index in [4.69, 9.17) is 3.91 Å². The number of pyridine rings is 2. The topological polar surface area (TPSA) is 90.1 Å². The SMILES string of the molecule is CC(C)([CH]=[Mo]=[NH])c1ccccc1.Cc1cc(C(C)(C)C)c(O)c(-c2c(C)c(C)cc(C(C)(C)C)c2O)c1C.[Ar].c1ccc(-c2ccccn2)nc1. The number of phenols is 2. The van der Waals surface area contributed by atoms with Gasteiger partial charge in [-0.15, -0.1) is 0 Å². The van der Waals surface area contributed by atoms with E-state index in [-0.39, 0.29) is 65.5 Å². The van der Waals surface area contributed by atoms with E-state index in [0.717, 1.165) is 55.9 Å². The molecule has 0 saturated heterocycles. The van der Waals surface area contributed by atoms with Gasteiger partial charge >= 0.3 is 81.4 Å². The van der Waals surface area contributed by atoms with E-state index in [9.17, 15) is 10.2 Å². The molecular formula is C44H55ArMoN3O2. The number of hydrogen-bond donors (Lipinski definition) is 3. The van der Waals surface area contributed by atoms with Crippen molar-refractivity contribution in [3.8, 4) is 34.0 Å². The van der Waals surface area contributed by atoms with Crippen LogP contribution in [0.15, 0.2) is 91.3 Å². The average Bonchev–Trinajstić information content (AvgIpc) is 3.07. The number of rotatable bonds is 4. The molecule has 2 aromatic heterocycles. The molecule has 0 atom stereocenters. The first-order chi connectivity index (χ1) is 23.3. The standard InChI is InChI=1S/C24H34O2.C10H8N2.C10H12.Ar.Mo.HN/c1-13-11-17(23(5,6)7)21(25)19(15(13)3)20-16(4)14(2)12-18(22(20)26)24(8,9)10;1-3-7-11-9(5-1)10-6-2-4-8-12-10;1-10(2,3)9-7-5-4-6-8-9;;;/h11-12,25-26H,1-10H3;1-8H;1,4-8H,2-3H3;;;1H. The van der Waals surface area contributed by atoms with Crippen LogP contribution in [-0.4, -0.2) is 24.6 Å². The number of aryl methyl sites for hydroxylation is 2. The predicted molar refractivity (Wildman–Crippen MR) is 207 cm³/mol. The van der Waals surface area contributed by atoms with Crippen LogP contribution in [0.2, 0.25) is 0 Å². The first-order valence-electron chi connectivity index (χ1n) is 17.0. The van der Waals surface area contributed by atoms with Crippen molar-refractivity contribution in [2.75, 3.05) is 0 Å². The zero-order chi connectivity index (χ0) is 37.4. The maximum atomic E-state index is 11.2. The van der Waals surface area contributed by atoms with Gasteiger partial charge in [0.25, 0.3) is 0 Å². The third-order valence-corrected chi connectivity index (χ3v) is 10.7. The number of phenolic OH excluding ortho intramolecular Hbond substituents is 2. The summed E-state index contributed by atoms with van der Waals surface area (Å²) in [6.45, 7) is 25.1. The average molecular weight is 794 g/mol. The quantitative estimate of drug-likeness (QED) is 0.158. The van der Waals surface area contributed by atoms with Crippen molar-refractivity contribution in [2.45, 2.75) is 99.3 Å². The van der Waals surface area contributed by atoms with Crippen molar-refractivity contribution >= 4 is 4.40 Å². The molecule has 0 radical (unpaired) electrons. The Labute approximate surface area is 344 Å². The molecule has 3 N–H and O–H groups in total. The molecule has 51 heavy (non-hydrogen) atoms. The largest absolute Gasteiger partial charge is 0.507 e. The van der Waals surface area contributed by atoms with Gasteiger partial charge in [0, 0.05) is 72.4 Å². The zero-order valence-corrected chi connectivity index (χ0v) is 35.0. The van der Waals surface area contributed by atoms with Gasteiger partial charge < -0.3 is 10.2 Å². The molecule has 272 valence electrons. The molecule has 0 fully saturated rings. The predicted octanol–water partition coefficient (Wildman–Crippen LogP) is 11.3. The van der Waals surface area contributed by atoms with Crippen LogP contribution in [0.1, 0.15) is 94.3 Å². The van der Waals surface area contributed by atoms with Gasteiger partial charge in [-0.05, 0) is 85.0 Å². The normalized spacial score (nSPS) is 11.2. The zero-order valence-electron chi connectivity index (χ0n) is 32.3. The Kier molecular flexibility index (Phi) is 16.3. The molecule has 0 aliphatic carbocycles. The van der Waals surface area contributed by atoms with E-state index in [2.05, 4.69) is 120 Å². The van der Waals surface area contributed by atoms with Gasteiger partial charge in [-0.3, -0.25) is 9.97 Å². The Morgan fingerprint density at radius 3 is 1.27 bits per heavy atom. The van der Waals surface area contributed by atoms with Gasteiger partial charge in [0.05, 0.1) is 11.4 Å². The fourth-order valence-electron chi connectivity index (χ4n) is 5.67. The van der Waals surface area contributed by atoms with E-state index < -0.39 is 17.9 Å². The second-order valence-electron chi connectivity index (χ2n) is 15.4. The summed E-state index contributed by atoms with van der Waals surface area (Å²) < 4.78 is 9.43. The fourth-order valence-corrected chi connectivity index (χ4v) is 6.73. The molecule has 0 bridgehead atoms. The van der Waals surface area contributed by atoms with Gasteiger partial charge in [-0.1, -0.05) is 65.8 Å². The van der Waals surface area contributed by atoms with Crippen molar-refractivity contribution in [2.24, 2.45) is 0 Å². The number of benzene rings is 3. The van der Waals surface area contributed by atoms with Gasteiger partial charge in [0.1, 0.15) is 11.5 Å². The Hall–Kier alpha value is -2.82. The molecule has 3 aromatic carbocycles. The van der Waals surface area contributed by atoms with Crippen molar-refractivity contribution in [3.05, 3.63) is 130 Å². The van der Waals surface area contributed by atoms with Gasteiger partial charge in [-0.25, -0.2) is 0 Å². The Bertz CT molecular complexity index is 1830. The van der Waals surface area contributed by atoms with E-state index in [1.165, 1.54) is 5.56 Å². The number of hydrogen-bond acceptors (Lipinski definition) is 5. The maximum Gasteiger partial charge on any atom is 0.127 e. The molecule has 0 amide bonds. The molecular weight excluding hydrogens is 738 g/mol. The first-order valence-corrected chi connectivity index (χ1v) is 19.2. The van der Waals surface area contributed by atoms with Crippen LogP contribution in [0.3, 0.4) is 0 Å². The minimum Gasteiger partial charge on any atom is -0.507 e. The number of aromatic nitrogens is 2. The molecule has 0 aliphatic rings. The van der Waals surface area contributed by atoms with Crippen LogP contribution in [0.4, 0.5) is 0 Å². The molecule has 7 heteroatoms. The van der Waals surface area contributed by atoms with Crippen LogP contribution in [-0.2, 0) is 34.2 Å². The summed E-state index contributed by atoms with van der Waals surface area (Å²) in [7, 11) is 0. The third-order valence-electron chi connectivity index (χ3n) is 8.97. The summed E-state index contributed by atoms with van der Waals surface area (Å²) in [6.07, 6.45) is 3.54. The van der Waals surface area contributed by atoms with Crippen LogP contribution < -0.4 is 0 Å². The molecule has 5 aromatic rings. The molecule has 5 nitrogen and oxygen atoms in total. The monoisotopic (exact) mass is 795 g/mol. The van der Waals surface area contributed by atoms with E-state index in [0.29, 0.717) is 0 Å². The maximum absolute atomic E-state index is 11.2. The first kappa shape index (κ1) is 44.3. The summed E-state index contributed by atoms with van der Waals surface area (Å²) in [5.74, 6) is 0.564. The van der Waals surface area contributed by atoms with Crippen molar-refractivity contribution in [1.29, 1.82) is 3.91 Å². The van der Waals surface area contributed by atoms with E-state index >= 15 is 0 Å². The number of aromatic hydroxyl groups is 2. The summed E-state index contributed by atoms with van der Waals surface area (Å²) in [5.41, 5.74) is 10.5. The summed E-state index contributed by atoms with van der Waals surface area (Å²) >= 11 is -0.639. The third kappa shape index (κ3) is 11.6. The molecule has 5 rings (SSSR count). The second-order valence-corrected chi connectivity index (χ2v) is 16.6. The summed E-state index contributed by atoms with van der Waals surface area (Å²) in [5, 5.41) is 22.4. The molecule has 0 spiro atoms. The smallest absolute Gasteiger partial charge is 0.127 e. The minimum atomic E-state index is -0.639. The summed E-state index contributed by atoms with van der Waals surface area (Å²) in [4.78, 5) is 8.37. The Morgan fingerprint density at radius 1 is 0.588 bits per heavy atom. The van der Waals surface area contributed by atoms with Crippen molar-refractivity contribution in [1.82, 2.24) is 9.97 Å². The van der Waals surface area contributed by atoms with Crippen LogP contribution >= 0.6 is 0 Å². The second kappa shape index (κ2) is 18.8. The molecule has 2 heterocycles. The van der Waals surface area contributed by atoms with Crippen molar-refractivity contribution < 1.29 is 65.9 Å². The van der Waals surface area contributed by atoms with Gasteiger partial charge in [-0.2, -0.15) is 0 Å². The van der Waals surface area contributed by atoms with E-state index in [1.54, 1.807) is 12.4 Å². The molecule has 0 aliphatic heterocycles. The Balaban J connectivity index is 0.000000298. The van der Waals surface area contributed by atoms with Crippen LogP contribution in [0.25, 0.3) is 22.5 Å². The number of nitrogens with zero attached hydrogens (tertiary/aromatic N) is 2. The van der Waals surface area contributed by atoms with Gasteiger partial charge in [0.2, 0.25) is 0 Å². The minimum absolute atomic E-state index is 0. The van der Waals surface area contributed by atoms with Crippen LogP contribution in [0.5, 0.6) is 11.5 Å². The van der Waals surface area contributed by atoms with Crippen molar-refractivity contribution in [3.63, 3.8) is 0 Å². The number of nitrogens with one attached hydrogen (secondary N) is 1. The van der Waals surface area contributed by atoms with Crippen LogP contribution in [0, 0.1) is 69.3 Å². The molecule has 0 unspecified atom stereocenters. The van der Waals surface area contributed by atoms with Gasteiger partial charge in [0.15, 0.2) is 0 Å². The van der Waals surface area contributed by atoms with E-state index in [1.807, 2.05) is 56.3 Å². The Morgan fingerprint density at radius 2 is 0.961 bits per heavy atom. The molecule has 0 saturated carbocycles. The fraction of sp³-hybridized carbons (Fsp3) is 0.341.